The first-order valence-electron chi connectivity index (χ1n) is 14.1. The Morgan fingerprint density at radius 1 is 0.698 bits per heavy atom. The van der Waals surface area contributed by atoms with Crippen molar-refractivity contribution in [3.05, 3.63) is 101 Å². The Balaban J connectivity index is 1.32. The molecule has 1 heterocycles. The van der Waals surface area contributed by atoms with Gasteiger partial charge in [-0.25, -0.2) is 0 Å². The van der Waals surface area contributed by atoms with Crippen LogP contribution in [-0.2, 0) is 33.8 Å². The standard InChI is InChI=1S/C31H37ClN8O3/c32-26-10-6-25(7-11-26)22-36-30-38-29(35-21-24-4-2-1-3-5-24)39-31(40-30)37-27-12-8-23(9-13-27)20-28(41)34-15-17-43-19-18-42-16-14-33/h1-13H,14-22,33H2,(H,34,41)(H3,35,36,37,38,39,40). The zero-order valence-electron chi connectivity index (χ0n) is 23.9. The van der Waals surface area contributed by atoms with Crippen molar-refractivity contribution in [3.8, 4) is 0 Å². The van der Waals surface area contributed by atoms with Gasteiger partial charge in [0, 0.05) is 36.9 Å². The van der Waals surface area contributed by atoms with Crippen LogP contribution in [0.5, 0.6) is 0 Å². The number of amides is 1. The molecule has 0 aliphatic rings. The quantitative estimate of drug-likeness (QED) is 0.105. The molecule has 0 aliphatic carbocycles. The van der Waals surface area contributed by atoms with Crippen LogP contribution >= 0.6 is 11.6 Å². The van der Waals surface area contributed by atoms with Gasteiger partial charge in [0.2, 0.25) is 23.8 Å². The van der Waals surface area contributed by atoms with E-state index < -0.39 is 0 Å². The normalized spacial score (nSPS) is 10.7. The van der Waals surface area contributed by atoms with Crippen molar-refractivity contribution in [2.24, 2.45) is 5.73 Å². The van der Waals surface area contributed by atoms with Crippen molar-refractivity contribution in [2.75, 3.05) is 55.5 Å². The summed E-state index contributed by atoms with van der Waals surface area (Å²) < 4.78 is 10.7. The third kappa shape index (κ3) is 11.8. The van der Waals surface area contributed by atoms with Crippen molar-refractivity contribution >= 4 is 41.0 Å². The summed E-state index contributed by atoms with van der Waals surface area (Å²) in [6.07, 6.45) is 0.262. The second kappa shape index (κ2) is 17.6. The van der Waals surface area contributed by atoms with Crippen molar-refractivity contribution in [3.63, 3.8) is 0 Å². The van der Waals surface area contributed by atoms with Gasteiger partial charge >= 0.3 is 0 Å². The maximum absolute atomic E-state index is 12.3. The largest absolute Gasteiger partial charge is 0.378 e. The van der Waals surface area contributed by atoms with Crippen LogP contribution in [0.2, 0.25) is 5.02 Å². The fourth-order valence-corrected chi connectivity index (χ4v) is 4.03. The zero-order chi connectivity index (χ0) is 30.1. The van der Waals surface area contributed by atoms with E-state index in [4.69, 9.17) is 26.8 Å². The van der Waals surface area contributed by atoms with Crippen LogP contribution in [0.25, 0.3) is 0 Å². The van der Waals surface area contributed by atoms with E-state index in [1.807, 2.05) is 78.9 Å². The molecule has 1 aromatic heterocycles. The summed E-state index contributed by atoms with van der Waals surface area (Å²) >= 11 is 6.01. The summed E-state index contributed by atoms with van der Waals surface area (Å²) in [6.45, 7) is 3.90. The van der Waals surface area contributed by atoms with Gasteiger partial charge in [0.15, 0.2) is 0 Å². The summed E-state index contributed by atoms with van der Waals surface area (Å²) in [4.78, 5) is 26.0. The van der Waals surface area contributed by atoms with E-state index in [0.717, 1.165) is 22.4 Å². The minimum atomic E-state index is -0.0771. The molecule has 0 bridgehead atoms. The molecule has 0 radical (unpaired) electrons. The van der Waals surface area contributed by atoms with Gasteiger partial charge in [-0.3, -0.25) is 4.79 Å². The molecule has 0 saturated carbocycles. The number of nitrogens with zero attached hydrogens (tertiary/aromatic N) is 3. The number of carbonyl (C=O) groups is 1. The van der Waals surface area contributed by atoms with Crippen molar-refractivity contribution in [1.82, 2.24) is 20.3 Å². The molecule has 0 atom stereocenters. The third-order valence-electron chi connectivity index (χ3n) is 6.07. The number of halogens is 1. The van der Waals surface area contributed by atoms with Crippen LogP contribution in [0.1, 0.15) is 16.7 Å². The lowest BCUT2D eigenvalue weighted by Crippen LogP contribution is -2.29. The Bertz CT molecular complexity index is 1390. The number of ether oxygens (including phenoxy) is 2. The van der Waals surface area contributed by atoms with Gasteiger partial charge in [-0.2, -0.15) is 15.0 Å². The Hall–Kier alpha value is -4.29. The maximum atomic E-state index is 12.3. The number of benzene rings is 3. The monoisotopic (exact) mass is 604 g/mol. The molecule has 3 aromatic carbocycles. The van der Waals surface area contributed by atoms with E-state index in [0.29, 0.717) is 75.5 Å². The fourth-order valence-electron chi connectivity index (χ4n) is 3.90. The van der Waals surface area contributed by atoms with E-state index in [-0.39, 0.29) is 12.3 Å². The predicted molar refractivity (Wildman–Crippen MR) is 170 cm³/mol. The van der Waals surface area contributed by atoms with Gasteiger partial charge in [-0.1, -0.05) is 66.2 Å². The Labute approximate surface area is 256 Å². The fraction of sp³-hybridized carbons (Fsp3) is 0.290. The molecule has 0 spiro atoms. The summed E-state index contributed by atoms with van der Waals surface area (Å²) in [5.74, 6) is 1.15. The highest BCUT2D eigenvalue weighted by Crippen LogP contribution is 2.18. The molecule has 0 aliphatic heterocycles. The summed E-state index contributed by atoms with van der Waals surface area (Å²) in [6, 6.07) is 25.1. The van der Waals surface area contributed by atoms with Crippen LogP contribution in [0, 0.1) is 0 Å². The molecule has 0 unspecified atom stereocenters. The number of aromatic nitrogens is 3. The maximum Gasteiger partial charge on any atom is 0.233 e. The molecule has 0 saturated heterocycles. The second-order valence-corrected chi connectivity index (χ2v) is 9.92. The molecule has 4 aromatic rings. The topological polar surface area (TPSA) is 148 Å². The highest BCUT2D eigenvalue weighted by molar-refractivity contribution is 6.30. The Morgan fingerprint density at radius 2 is 1.28 bits per heavy atom. The highest BCUT2D eigenvalue weighted by Gasteiger charge is 2.09. The average Bonchev–Trinajstić information content (AvgIpc) is 3.02. The number of anilines is 4. The number of carbonyl (C=O) groups excluding carboxylic acids is 1. The SMILES string of the molecule is NCCOCCOCCNC(=O)Cc1ccc(Nc2nc(NCc3ccccc3)nc(NCc3ccc(Cl)cc3)n2)cc1. The number of rotatable bonds is 18. The lowest BCUT2D eigenvalue weighted by atomic mass is 10.1. The van der Waals surface area contributed by atoms with Gasteiger partial charge in [-0.15, -0.1) is 0 Å². The van der Waals surface area contributed by atoms with Gasteiger partial charge in [-0.05, 0) is 41.0 Å². The molecular weight excluding hydrogens is 568 g/mol. The van der Waals surface area contributed by atoms with E-state index in [2.05, 4.69) is 36.2 Å². The van der Waals surface area contributed by atoms with Crippen LogP contribution in [-0.4, -0.2) is 60.4 Å². The number of nitrogens with two attached hydrogens (primary N) is 1. The number of nitrogens with one attached hydrogen (secondary N) is 4. The molecule has 43 heavy (non-hydrogen) atoms. The number of hydrogen-bond donors (Lipinski definition) is 5. The molecule has 1 amide bonds. The van der Waals surface area contributed by atoms with Crippen molar-refractivity contribution in [2.45, 2.75) is 19.5 Å². The second-order valence-electron chi connectivity index (χ2n) is 9.49. The van der Waals surface area contributed by atoms with Crippen LogP contribution in [0.4, 0.5) is 23.5 Å². The molecule has 4 rings (SSSR count). The average molecular weight is 605 g/mol. The molecular formula is C31H37ClN8O3. The van der Waals surface area contributed by atoms with Gasteiger partial charge < -0.3 is 36.5 Å². The summed E-state index contributed by atoms with van der Waals surface area (Å²) in [5.41, 5.74) is 9.17. The molecule has 6 N–H and O–H groups in total. The lowest BCUT2D eigenvalue weighted by Gasteiger charge is -2.12. The van der Waals surface area contributed by atoms with E-state index in [1.54, 1.807) is 0 Å². The van der Waals surface area contributed by atoms with E-state index in [9.17, 15) is 4.79 Å². The van der Waals surface area contributed by atoms with E-state index in [1.165, 1.54) is 0 Å². The zero-order valence-corrected chi connectivity index (χ0v) is 24.6. The summed E-state index contributed by atoms with van der Waals surface area (Å²) in [5, 5.41) is 13.3. The smallest absolute Gasteiger partial charge is 0.233 e. The first-order valence-corrected chi connectivity index (χ1v) is 14.5. The van der Waals surface area contributed by atoms with Crippen molar-refractivity contribution in [1.29, 1.82) is 0 Å². The minimum absolute atomic E-state index is 0.0771. The first kappa shape index (κ1) is 31.6. The third-order valence-corrected chi connectivity index (χ3v) is 6.32. The predicted octanol–water partition coefficient (Wildman–Crippen LogP) is 4.14. The Kier molecular flexibility index (Phi) is 13.0. The highest BCUT2D eigenvalue weighted by atomic mass is 35.5. The minimum Gasteiger partial charge on any atom is -0.378 e. The van der Waals surface area contributed by atoms with E-state index >= 15 is 0 Å². The van der Waals surface area contributed by atoms with Crippen LogP contribution in [0.15, 0.2) is 78.9 Å². The van der Waals surface area contributed by atoms with Gasteiger partial charge in [0.1, 0.15) is 0 Å². The van der Waals surface area contributed by atoms with Crippen LogP contribution < -0.4 is 27.0 Å². The molecule has 12 heteroatoms. The lowest BCUT2D eigenvalue weighted by molar-refractivity contribution is -0.120. The Morgan fingerprint density at radius 3 is 1.93 bits per heavy atom. The molecule has 226 valence electrons. The molecule has 0 fully saturated rings. The molecule has 11 nitrogen and oxygen atoms in total. The summed E-state index contributed by atoms with van der Waals surface area (Å²) in [7, 11) is 0. The van der Waals surface area contributed by atoms with Crippen LogP contribution in [0.3, 0.4) is 0 Å². The van der Waals surface area contributed by atoms with Gasteiger partial charge in [0.05, 0.1) is 32.8 Å². The van der Waals surface area contributed by atoms with Crippen molar-refractivity contribution < 1.29 is 14.3 Å². The first-order chi connectivity index (χ1) is 21.1. The number of hydrogen-bond acceptors (Lipinski definition) is 10. The van der Waals surface area contributed by atoms with Gasteiger partial charge in [0.25, 0.3) is 0 Å².